The molecule has 0 atom stereocenters. The van der Waals surface area contributed by atoms with Crippen LogP contribution in [0.15, 0.2) is 146 Å². The highest BCUT2D eigenvalue weighted by molar-refractivity contribution is 5.87. The molecule has 41 heavy (non-hydrogen) atoms. The van der Waals surface area contributed by atoms with Crippen molar-refractivity contribution in [1.29, 1.82) is 0 Å². The Balaban J connectivity index is 1.48. The molecule has 0 bridgehead atoms. The van der Waals surface area contributed by atoms with E-state index in [9.17, 15) is 0 Å². The van der Waals surface area contributed by atoms with Gasteiger partial charge >= 0.3 is 0 Å². The van der Waals surface area contributed by atoms with Gasteiger partial charge in [-0.15, -0.1) is 0 Å². The van der Waals surface area contributed by atoms with Crippen molar-refractivity contribution >= 4 is 17.1 Å². The Bertz CT molecular complexity index is 1800. The second-order valence-corrected chi connectivity index (χ2v) is 10.8. The summed E-state index contributed by atoms with van der Waals surface area (Å²) >= 11 is 0. The molecule has 0 aliphatic heterocycles. The van der Waals surface area contributed by atoms with Gasteiger partial charge in [0.1, 0.15) is 0 Å². The van der Waals surface area contributed by atoms with Crippen molar-refractivity contribution < 1.29 is 0 Å². The highest BCUT2D eigenvalue weighted by Crippen LogP contribution is 2.40. The first-order valence-electron chi connectivity index (χ1n) is 14.3. The van der Waals surface area contributed by atoms with E-state index in [1.807, 2.05) is 0 Å². The van der Waals surface area contributed by atoms with Crippen LogP contribution in [0.25, 0.3) is 22.3 Å². The summed E-state index contributed by atoms with van der Waals surface area (Å²) in [6, 6.07) is 52.6. The lowest BCUT2D eigenvalue weighted by molar-refractivity contribution is 1.15. The normalized spacial score (nSPS) is 10.9. The molecule has 0 heterocycles. The number of aryl methyl sites for hydroxylation is 3. The van der Waals surface area contributed by atoms with E-state index in [1.165, 1.54) is 61.4 Å². The lowest BCUT2D eigenvalue weighted by Gasteiger charge is -2.29. The van der Waals surface area contributed by atoms with Gasteiger partial charge in [0.25, 0.3) is 0 Å². The molecule has 6 aromatic carbocycles. The molecule has 0 aliphatic rings. The van der Waals surface area contributed by atoms with Gasteiger partial charge in [-0.1, -0.05) is 121 Å². The average Bonchev–Trinajstić information content (AvgIpc) is 3.00. The van der Waals surface area contributed by atoms with Gasteiger partial charge in [0, 0.05) is 17.1 Å². The number of para-hydroxylation sites is 3. The maximum atomic E-state index is 2.40. The summed E-state index contributed by atoms with van der Waals surface area (Å²) in [6.07, 6.45) is 0.832. The van der Waals surface area contributed by atoms with Gasteiger partial charge in [-0.05, 0) is 102 Å². The van der Waals surface area contributed by atoms with Gasteiger partial charge in [-0.25, -0.2) is 0 Å². The molecule has 0 spiro atoms. The largest absolute Gasteiger partial charge is 0.310 e. The van der Waals surface area contributed by atoms with E-state index in [0.717, 1.165) is 12.1 Å². The number of hydrogen-bond acceptors (Lipinski definition) is 1. The zero-order valence-electron chi connectivity index (χ0n) is 24.0. The Morgan fingerprint density at radius 2 is 0.951 bits per heavy atom. The fraction of sp³-hybridized carbons (Fsp3) is 0.100. The Kier molecular flexibility index (Phi) is 7.52. The van der Waals surface area contributed by atoms with Crippen LogP contribution < -0.4 is 4.90 Å². The molecular weight excluding hydrogens is 494 g/mol. The van der Waals surface area contributed by atoms with Crippen LogP contribution in [0, 0.1) is 20.8 Å². The van der Waals surface area contributed by atoms with Crippen molar-refractivity contribution in [1.82, 2.24) is 0 Å². The van der Waals surface area contributed by atoms with Crippen LogP contribution in [-0.2, 0) is 6.42 Å². The monoisotopic (exact) mass is 529 g/mol. The first-order valence-corrected chi connectivity index (χ1v) is 14.3. The minimum absolute atomic E-state index is 0.832. The lowest BCUT2D eigenvalue weighted by atomic mass is 9.88. The summed E-state index contributed by atoms with van der Waals surface area (Å²) in [7, 11) is 0. The van der Waals surface area contributed by atoms with Gasteiger partial charge in [0.15, 0.2) is 0 Å². The van der Waals surface area contributed by atoms with Gasteiger partial charge in [0.2, 0.25) is 0 Å². The van der Waals surface area contributed by atoms with Gasteiger partial charge in [-0.3, -0.25) is 0 Å². The second-order valence-electron chi connectivity index (χ2n) is 10.8. The Morgan fingerprint density at radius 1 is 0.415 bits per heavy atom. The molecule has 200 valence electrons. The molecule has 0 saturated carbocycles. The third-order valence-corrected chi connectivity index (χ3v) is 7.95. The summed E-state index contributed by atoms with van der Waals surface area (Å²) in [5.41, 5.74) is 15.1. The zero-order chi connectivity index (χ0) is 28.2. The minimum Gasteiger partial charge on any atom is -0.310 e. The van der Waals surface area contributed by atoms with Crippen molar-refractivity contribution in [2.45, 2.75) is 27.2 Å². The van der Waals surface area contributed by atoms with Gasteiger partial charge in [-0.2, -0.15) is 0 Å². The molecule has 6 rings (SSSR count). The molecule has 0 amide bonds. The Morgan fingerprint density at radius 3 is 1.61 bits per heavy atom. The molecule has 6 aromatic rings. The molecule has 0 saturated heterocycles. The molecule has 0 unspecified atom stereocenters. The summed E-state index contributed by atoms with van der Waals surface area (Å²) < 4.78 is 0. The van der Waals surface area contributed by atoms with Crippen LogP contribution in [0.4, 0.5) is 17.1 Å². The second kappa shape index (κ2) is 11.7. The van der Waals surface area contributed by atoms with Crippen LogP contribution in [0.1, 0.15) is 27.8 Å². The predicted octanol–water partition coefficient (Wildman–Crippen LogP) is 11.0. The van der Waals surface area contributed by atoms with E-state index in [1.54, 1.807) is 0 Å². The van der Waals surface area contributed by atoms with Crippen LogP contribution >= 0.6 is 0 Å². The number of benzene rings is 6. The van der Waals surface area contributed by atoms with E-state index in [2.05, 4.69) is 171 Å². The van der Waals surface area contributed by atoms with Crippen molar-refractivity contribution in [3.63, 3.8) is 0 Å². The fourth-order valence-corrected chi connectivity index (χ4v) is 5.81. The highest BCUT2D eigenvalue weighted by atomic mass is 15.1. The van der Waals surface area contributed by atoms with E-state index in [4.69, 9.17) is 0 Å². The summed E-state index contributed by atoms with van der Waals surface area (Å²) in [5.74, 6) is 0. The molecule has 0 aliphatic carbocycles. The molecular formula is C40H35N. The number of nitrogens with zero attached hydrogens (tertiary/aromatic N) is 1. The molecule has 0 aromatic heterocycles. The number of hydrogen-bond donors (Lipinski definition) is 0. The van der Waals surface area contributed by atoms with Crippen molar-refractivity contribution in [2.75, 3.05) is 4.90 Å². The zero-order valence-corrected chi connectivity index (χ0v) is 24.0. The molecule has 0 N–H and O–H groups in total. The third-order valence-electron chi connectivity index (χ3n) is 7.95. The van der Waals surface area contributed by atoms with Crippen LogP contribution in [0.3, 0.4) is 0 Å². The predicted molar refractivity (Wildman–Crippen MR) is 175 cm³/mol. The number of anilines is 3. The van der Waals surface area contributed by atoms with Crippen LogP contribution in [0.5, 0.6) is 0 Å². The SMILES string of the molecule is Cc1ccccc1-c1ccc(Cc2ccccc2N(c2ccccc2)c2ccccc2C)cc1-c1ccccc1C. The molecule has 0 radical (unpaired) electrons. The number of rotatable bonds is 7. The van der Waals surface area contributed by atoms with Crippen molar-refractivity contribution in [2.24, 2.45) is 0 Å². The summed E-state index contributed by atoms with van der Waals surface area (Å²) in [5, 5.41) is 0. The van der Waals surface area contributed by atoms with Gasteiger partial charge < -0.3 is 4.90 Å². The topological polar surface area (TPSA) is 3.24 Å². The molecule has 0 fully saturated rings. The minimum atomic E-state index is 0.832. The van der Waals surface area contributed by atoms with E-state index in [0.29, 0.717) is 0 Å². The molecule has 1 nitrogen and oxygen atoms in total. The van der Waals surface area contributed by atoms with Crippen molar-refractivity contribution in [3.8, 4) is 22.3 Å². The van der Waals surface area contributed by atoms with E-state index in [-0.39, 0.29) is 0 Å². The first kappa shape index (κ1) is 26.3. The van der Waals surface area contributed by atoms with Crippen LogP contribution in [0.2, 0.25) is 0 Å². The Hall–Kier alpha value is -4.88. The fourth-order valence-electron chi connectivity index (χ4n) is 5.81. The third kappa shape index (κ3) is 5.44. The van der Waals surface area contributed by atoms with E-state index < -0.39 is 0 Å². The maximum absolute atomic E-state index is 2.40. The van der Waals surface area contributed by atoms with Crippen molar-refractivity contribution in [3.05, 3.63) is 173 Å². The maximum Gasteiger partial charge on any atom is 0.0497 e. The Labute approximate surface area is 244 Å². The van der Waals surface area contributed by atoms with Crippen LogP contribution in [-0.4, -0.2) is 0 Å². The lowest BCUT2D eigenvalue weighted by Crippen LogP contribution is -2.13. The molecule has 1 heteroatoms. The first-order chi connectivity index (χ1) is 20.1. The smallest absolute Gasteiger partial charge is 0.0497 e. The quantitative estimate of drug-likeness (QED) is 0.199. The standard InChI is InChI=1S/C40H35N/c1-29-15-7-11-21-35(29)37-26-25-32(28-38(37)36-22-12-8-16-30(36)2)27-33-18-10-14-24-40(33)41(34-19-5-4-6-20-34)39-23-13-9-17-31(39)3/h4-26,28H,27H2,1-3H3. The summed E-state index contributed by atoms with van der Waals surface area (Å²) in [4.78, 5) is 2.40. The highest BCUT2D eigenvalue weighted by Gasteiger charge is 2.18. The average molecular weight is 530 g/mol. The van der Waals surface area contributed by atoms with Gasteiger partial charge in [0.05, 0.1) is 0 Å². The summed E-state index contributed by atoms with van der Waals surface area (Å²) in [6.45, 7) is 6.59. The van der Waals surface area contributed by atoms with E-state index >= 15 is 0 Å².